The van der Waals surface area contributed by atoms with Gasteiger partial charge in [0.25, 0.3) is 0 Å². The minimum atomic E-state index is -0.175. The predicted octanol–water partition coefficient (Wildman–Crippen LogP) is 15.5. The molecule has 0 fully saturated rings. The predicted molar refractivity (Wildman–Crippen MR) is 266 cm³/mol. The van der Waals surface area contributed by atoms with Gasteiger partial charge >= 0.3 is 0 Å². The molecule has 2 aromatic heterocycles. The van der Waals surface area contributed by atoms with Gasteiger partial charge in [-0.3, -0.25) is 0 Å². The van der Waals surface area contributed by atoms with Crippen molar-refractivity contribution in [2.45, 2.75) is 131 Å². The van der Waals surface area contributed by atoms with Crippen molar-refractivity contribution in [3.8, 4) is 17.3 Å². The summed E-state index contributed by atoms with van der Waals surface area (Å²) in [4.78, 5) is 9.44. The van der Waals surface area contributed by atoms with Crippen LogP contribution in [0, 0.1) is 18.8 Å². The van der Waals surface area contributed by atoms with Crippen LogP contribution in [0.3, 0.4) is 0 Å². The number of pyridine rings is 1. The average molecular weight is 1030 g/mol. The van der Waals surface area contributed by atoms with Crippen LogP contribution < -0.4 is 14.5 Å². The van der Waals surface area contributed by atoms with Gasteiger partial charge in [-0.25, -0.2) is 4.98 Å². The fraction of sp³-hybridized carbons (Fsp3) is 0.345. The van der Waals surface area contributed by atoms with Crippen molar-refractivity contribution in [1.82, 2.24) is 9.55 Å². The molecule has 1 aliphatic rings. The van der Waals surface area contributed by atoms with Crippen LogP contribution in [0.2, 0.25) is 0 Å². The standard InChI is InChI=1S/C58H65N4O.Pt/c1-54(2,3)39-22-20-38(21-23-39)52-36-60(44-29-41(56(7,8)9)28-42(30-44)57(10,11)12)37-61(52)45-31-43(58(13,14)15)32-47(34-45)63-46-24-25-49-48-18-16-17-19-50(48)62(51(49)35-46)53-33-40(26-27-59-53)55(4,5)6;/h16-33,36-37H,1-15H3;/q-3;. The zero-order valence-corrected chi connectivity index (χ0v) is 42.8. The van der Waals surface area contributed by atoms with E-state index in [0.717, 1.165) is 55.8 Å². The van der Waals surface area contributed by atoms with Crippen LogP contribution in [-0.4, -0.2) is 9.55 Å². The van der Waals surface area contributed by atoms with E-state index in [0.29, 0.717) is 11.5 Å². The van der Waals surface area contributed by atoms with Crippen molar-refractivity contribution in [3.05, 3.63) is 168 Å². The van der Waals surface area contributed by atoms with E-state index in [-0.39, 0.29) is 48.1 Å². The van der Waals surface area contributed by atoms with Crippen LogP contribution in [0.15, 0.2) is 116 Å². The summed E-state index contributed by atoms with van der Waals surface area (Å²) >= 11 is 0. The number of para-hydroxylation sites is 1. The summed E-state index contributed by atoms with van der Waals surface area (Å²) < 4.78 is 9.09. The minimum Gasteiger partial charge on any atom is -0.509 e. The third-order valence-electron chi connectivity index (χ3n) is 12.3. The number of nitrogens with zero attached hydrogens (tertiary/aromatic N) is 4. The molecule has 8 rings (SSSR count). The molecule has 7 aromatic rings. The number of hydrogen-bond donors (Lipinski definition) is 0. The van der Waals surface area contributed by atoms with Gasteiger partial charge in [-0.05, 0) is 96.8 Å². The summed E-state index contributed by atoms with van der Waals surface area (Å²) in [5.41, 5.74) is 12.3. The first-order valence-electron chi connectivity index (χ1n) is 22.4. The van der Waals surface area contributed by atoms with E-state index in [9.17, 15) is 0 Å². The number of anilines is 2. The van der Waals surface area contributed by atoms with E-state index in [2.05, 4.69) is 240 Å². The molecule has 0 unspecified atom stereocenters. The molecular formula is C58H65N4OPt-3. The number of ether oxygens (including phenoxy) is 1. The van der Waals surface area contributed by atoms with Crippen molar-refractivity contribution in [2.24, 2.45) is 0 Å². The zero-order chi connectivity index (χ0) is 45.4. The first-order valence-corrected chi connectivity index (χ1v) is 22.4. The Morgan fingerprint density at radius 2 is 1.12 bits per heavy atom. The van der Waals surface area contributed by atoms with Gasteiger partial charge in [-0.1, -0.05) is 158 Å². The molecule has 0 saturated heterocycles. The Balaban J connectivity index is 0.00000612. The molecule has 3 heterocycles. The van der Waals surface area contributed by atoms with Crippen molar-refractivity contribution >= 4 is 38.9 Å². The molecule has 5 nitrogen and oxygen atoms in total. The molecule has 0 spiro atoms. The molecule has 0 N–H and O–H groups in total. The zero-order valence-electron chi connectivity index (χ0n) is 40.6. The van der Waals surface area contributed by atoms with Crippen molar-refractivity contribution in [3.63, 3.8) is 0 Å². The van der Waals surface area contributed by atoms with Gasteiger partial charge in [-0.2, -0.15) is 6.07 Å². The van der Waals surface area contributed by atoms with E-state index in [1.165, 1.54) is 22.3 Å². The normalized spacial score (nSPS) is 14.0. The van der Waals surface area contributed by atoms with Crippen LogP contribution in [0.5, 0.6) is 11.5 Å². The van der Waals surface area contributed by atoms with E-state index >= 15 is 0 Å². The summed E-state index contributed by atoms with van der Waals surface area (Å²) in [6.07, 6.45) is 4.18. The van der Waals surface area contributed by atoms with Gasteiger partial charge in [0, 0.05) is 55.7 Å². The molecule has 336 valence electrons. The second-order valence-corrected chi connectivity index (χ2v) is 22.6. The molecule has 5 aromatic carbocycles. The van der Waals surface area contributed by atoms with E-state index < -0.39 is 0 Å². The Morgan fingerprint density at radius 3 is 1.73 bits per heavy atom. The smallest absolute Gasteiger partial charge is 0.135 e. The second kappa shape index (κ2) is 16.7. The Kier molecular flexibility index (Phi) is 12.2. The SMILES string of the molecule is CC(C)(C)c1ccc(C2=CN(c3cc(C(C)(C)C)cc(C(C)(C)C)c3)[CH-]N2c2[c-]c(Oc3[c-]c4c(cc3)c3ccccc3n4-c3cc(C(C)(C)C)ccn3)cc(C(C)(C)C)c2)cc1.[Pt]. The first kappa shape index (κ1) is 46.9. The number of hydrogen-bond acceptors (Lipinski definition) is 4. The van der Waals surface area contributed by atoms with E-state index in [4.69, 9.17) is 9.72 Å². The van der Waals surface area contributed by atoms with E-state index in [1.54, 1.807) is 0 Å². The number of aromatic nitrogens is 2. The number of rotatable bonds is 6. The first-order chi connectivity index (χ1) is 29.3. The van der Waals surface area contributed by atoms with Gasteiger partial charge < -0.3 is 19.1 Å². The topological polar surface area (TPSA) is 33.5 Å². The molecular weight excluding hydrogens is 964 g/mol. The maximum atomic E-state index is 6.88. The van der Waals surface area contributed by atoms with Gasteiger partial charge in [0.1, 0.15) is 5.82 Å². The average Bonchev–Trinajstić information content (AvgIpc) is 3.79. The maximum Gasteiger partial charge on any atom is 0.135 e. The summed E-state index contributed by atoms with van der Waals surface area (Å²) in [6.45, 7) is 36.2. The molecule has 0 aliphatic carbocycles. The van der Waals surface area contributed by atoms with Crippen molar-refractivity contribution < 1.29 is 25.8 Å². The van der Waals surface area contributed by atoms with Gasteiger partial charge in [-0.15, -0.1) is 53.6 Å². The second-order valence-electron chi connectivity index (χ2n) is 22.6. The Morgan fingerprint density at radius 1 is 0.531 bits per heavy atom. The molecule has 0 radical (unpaired) electrons. The largest absolute Gasteiger partial charge is 0.509 e. The fourth-order valence-corrected chi connectivity index (χ4v) is 8.17. The quantitative estimate of drug-likeness (QED) is 0.155. The molecule has 6 heteroatoms. The van der Waals surface area contributed by atoms with Crippen LogP contribution in [0.1, 0.15) is 137 Å². The third kappa shape index (κ3) is 9.48. The maximum absolute atomic E-state index is 6.88. The third-order valence-corrected chi connectivity index (χ3v) is 12.3. The monoisotopic (exact) mass is 1030 g/mol. The van der Waals surface area contributed by atoms with Crippen LogP contribution >= 0.6 is 0 Å². The minimum absolute atomic E-state index is 0. The van der Waals surface area contributed by atoms with Gasteiger partial charge in [0.15, 0.2) is 0 Å². The summed E-state index contributed by atoms with van der Waals surface area (Å²) in [6, 6.07) is 44.9. The van der Waals surface area contributed by atoms with Crippen LogP contribution in [0.4, 0.5) is 11.4 Å². The molecule has 0 bridgehead atoms. The summed E-state index contributed by atoms with van der Waals surface area (Å²) in [5, 5.41) is 2.24. The van der Waals surface area contributed by atoms with E-state index in [1.807, 2.05) is 12.3 Å². The molecule has 1 aliphatic heterocycles. The fourth-order valence-electron chi connectivity index (χ4n) is 8.17. The van der Waals surface area contributed by atoms with Crippen molar-refractivity contribution in [2.75, 3.05) is 9.80 Å². The number of benzene rings is 5. The number of fused-ring (bicyclic) bond motifs is 3. The Labute approximate surface area is 397 Å². The van der Waals surface area contributed by atoms with Crippen LogP contribution in [0.25, 0.3) is 33.3 Å². The Bertz CT molecular complexity index is 2830. The molecule has 0 amide bonds. The molecule has 0 atom stereocenters. The van der Waals surface area contributed by atoms with Gasteiger partial charge in [0.05, 0.1) is 0 Å². The molecule has 0 saturated carbocycles. The summed E-state index contributed by atoms with van der Waals surface area (Å²) in [7, 11) is 0. The van der Waals surface area contributed by atoms with Crippen LogP contribution in [-0.2, 0) is 48.1 Å². The van der Waals surface area contributed by atoms with Crippen molar-refractivity contribution in [1.29, 1.82) is 0 Å². The summed E-state index contributed by atoms with van der Waals surface area (Å²) in [5.74, 6) is 2.10. The van der Waals surface area contributed by atoms with Gasteiger partial charge in [0.2, 0.25) is 0 Å². The Hall–Kier alpha value is -5.12. The molecule has 64 heavy (non-hydrogen) atoms.